The molecule has 0 saturated carbocycles. The van der Waals surface area contributed by atoms with Crippen molar-refractivity contribution in [1.29, 1.82) is 0 Å². The zero-order valence-corrected chi connectivity index (χ0v) is 11.9. The van der Waals surface area contributed by atoms with E-state index in [9.17, 15) is 4.79 Å². The highest BCUT2D eigenvalue weighted by atomic mass is 32.1. The fourth-order valence-corrected chi connectivity index (χ4v) is 3.60. The van der Waals surface area contributed by atoms with Crippen molar-refractivity contribution in [3.8, 4) is 0 Å². The molecule has 3 heterocycles. The molecule has 0 bridgehead atoms. The molecule has 0 unspecified atom stereocenters. The Morgan fingerprint density at radius 1 is 1.42 bits per heavy atom. The van der Waals surface area contributed by atoms with Gasteiger partial charge in [0, 0.05) is 26.2 Å². The Kier molecular flexibility index (Phi) is 3.86. The summed E-state index contributed by atoms with van der Waals surface area (Å²) in [6, 6.07) is 2.19. The SMILES string of the molecule is O=C1CC2(CCN(Cc3ccsc3)CC2)OCCN1. The van der Waals surface area contributed by atoms with E-state index in [0.717, 1.165) is 32.5 Å². The first-order valence-electron chi connectivity index (χ1n) is 6.90. The second kappa shape index (κ2) is 5.61. The van der Waals surface area contributed by atoms with Gasteiger partial charge in [0.1, 0.15) is 0 Å². The third-order valence-electron chi connectivity index (χ3n) is 4.07. The summed E-state index contributed by atoms with van der Waals surface area (Å²) in [7, 11) is 0. The summed E-state index contributed by atoms with van der Waals surface area (Å²) in [4.78, 5) is 14.1. The van der Waals surface area contributed by atoms with Crippen molar-refractivity contribution < 1.29 is 9.53 Å². The quantitative estimate of drug-likeness (QED) is 0.895. The lowest BCUT2D eigenvalue weighted by atomic mass is 9.87. The second-order valence-corrected chi connectivity index (χ2v) is 6.25. The zero-order valence-electron chi connectivity index (χ0n) is 11.1. The van der Waals surface area contributed by atoms with Crippen molar-refractivity contribution in [1.82, 2.24) is 10.2 Å². The first-order valence-corrected chi connectivity index (χ1v) is 7.84. The van der Waals surface area contributed by atoms with Crippen LogP contribution in [0.25, 0.3) is 0 Å². The van der Waals surface area contributed by atoms with Gasteiger partial charge in [-0.1, -0.05) is 0 Å². The van der Waals surface area contributed by atoms with E-state index >= 15 is 0 Å². The summed E-state index contributed by atoms with van der Waals surface area (Å²) in [5.41, 5.74) is 1.19. The summed E-state index contributed by atoms with van der Waals surface area (Å²) in [6.45, 7) is 4.35. The Bertz CT molecular complexity index is 425. The smallest absolute Gasteiger partial charge is 0.222 e. The van der Waals surface area contributed by atoms with Crippen LogP contribution in [-0.2, 0) is 16.1 Å². The Morgan fingerprint density at radius 3 is 3.00 bits per heavy atom. The third kappa shape index (κ3) is 3.16. The lowest BCUT2D eigenvalue weighted by molar-refractivity contribution is -0.128. The first-order chi connectivity index (χ1) is 9.26. The van der Waals surface area contributed by atoms with E-state index in [1.54, 1.807) is 11.3 Å². The first kappa shape index (κ1) is 13.1. The predicted molar refractivity (Wildman–Crippen MR) is 75.1 cm³/mol. The van der Waals surface area contributed by atoms with Gasteiger partial charge in [0.2, 0.25) is 5.91 Å². The minimum atomic E-state index is -0.203. The molecule has 0 aromatic carbocycles. The molecule has 0 radical (unpaired) electrons. The van der Waals surface area contributed by atoms with Gasteiger partial charge in [-0.05, 0) is 35.2 Å². The number of nitrogens with one attached hydrogen (secondary N) is 1. The molecule has 0 aliphatic carbocycles. The predicted octanol–water partition coefficient (Wildman–Crippen LogP) is 1.62. The highest BCUT2D eigenvalue weighted by Gasteiger charge is 2.38. The molecule has 2 saturated heterocycles. The molecule has 5 heteroatoms. The molecule has 1 N–H and O–H groups in total. The van der Waals surface area contributed by atoms with Gasteiger partial charge in [-0.3, -0.25) is 9.69 Å². The molecule has 3 rings (SSSR count). The Hall–Kier alpha value is -0.910. The average molecular weight is 280 g/mol. The molecule has 2 aliphatic rings. The Morgan fingerprint density at radius 2 is 2.26 bits per heavy atom. The van der Waals surface area contributed by atoms with Crippen LogP contribution in [0.5, 0.6) is 0 Å². The topological polar surface area (TPSA) is 41.6 Å². The van der Waals surface area contributed by atoms with Crippen molar-refractivity contribution >= 4 is 17.2 Å². The van der Waals surface area contributed by atoms with Crippen molar-refractivity contribution in [3.63, 3.8) is 0 Å². The van der Waals surface area contributed by atoms with Crippen LogP contribution in [0.15, 0.2) is 16.8 Å². The van der Waals surface area contributed by atoms with E-state index in [4.69, 9.17) is 4.74 Å². The van der Waals surface area contributed by atoms with Crippen molar-refractivity contribution in [2.75, 3.05) is 26.2 Å². The van der Waals surface area contributed by atoms with Gasteiger partial charge >= 0.3 is 0 Å². The molecule has 1 spiro atoms. The number of thiophene rings is 1. The number of ether oxygens (including phenoxy) is 1. The fraction of sp³-hybridized carbons (Fsp3) is 0.643. The molecular formula is C14H20N2O2S. The second-order valence-electron chi connectivity index (χ2n) is 5.47. The molecule has 1 aromatic heterocycles. The van der Waals surface area contributed by atoms with Crippen molar-refractivity contribution in [2.24, 2.45) is 0 Å². The maximum Gasteiger partial charge on any atom is 0.222 e. The van der Waals surface area contributed by atoms with Gasteiger partial charge in [-0.15, -0.1) is 0 Å². The highest BCUT2D eigenvalue weighted by molar-refractivity contribution is 7.07. The monoisotopic (exact) mass is 280 g/mol. The van der Waals surface area contributed by atoms with Gasteiger partial charge in [-0.2, -0.15) is 11.3 Å². The molecule has 2 aliphatic heterocycles. The number of hydrogen-bond acceptors (Lipinski definition) is 4. The maximum absolute atomic E-state index is 11.7. The van der Waals surface area contributed by atoms with Crippen LogP contribution >= 0.6 is 11.3 Å². The molecule has 0 atom stereocenters. The van der Waals surface area contributed by atoms with Crippen LogP contribution in [0.4, 0.5) is 0 Å². The number of likely N-dealkylation sites (tertiary alicyclic amines) is 1. The van der Waals surface area contributed by atoms with Crippen molar-refractivity contribution in [3.05, 3.63) is 22.4 Å². The summed E-state index contributed by atoms with van der Waals surface area (Å²) in [6.07, 6.45) is 2.45. The number of amides is 1. The summed E-state index contributed by atoms with van der Waals surface area (Å²) < 4.78 is 5.98. The van der Waals surface area contributed by atoms with E-state index in [1.165, 1.54) is 5.56 Å². The number of carbonyl (C=O) groups excluding carboxylic acids is 1. The Balaban J connectivity index is 1.57. The van der Waals surface area contributed by atoms with Crippen LogP contribution in [0.2, 0.25) is 0 Å². The minimum Gasteiger partial charge on any atom is -0.373 e. The highest BCUT2D eigenvalue weighted by Crippen LogP contribution is 2.31. The number of nitrogens with zero attached hydrogens (tertiary/aromatic N) is 1. The molecule has 1 aromatic rings. The third-order valence-corrected chi connectivity index (χ3v) is 4.80. The minimum absolute atomic E-state index is 0.142. The number of rotatable bonds is 2. The number of piperidine rings is 1. The zero-order chi connectivity index (χ0) is 13.1. The largest absolute Gasteiger partial charge is 0.373 e. The van der Waals surface area contributed by atoms with Crippen LogP contribution in [0.1, 0.15) is 24.8 Å². The van der Waals surface area contributed by atoms with Gasteiger partial charge < -0.3 is 10.1 Å². The number of carbonyl (C=O) groups is 1. The maximum atomic E-state index is 11.7. The molecule has 104 valence electrons. The molecule has 2 fully saturated rings. The van der Waals surface area contributed by atoms with E-state index < -0.39 is 0 Å². The van der Waals surface area contributed by atoms with E-state index in [1.807, 2.05) is 0 Å². The van der Waals surface area contributed by atoms with Gasteiger partial charge in [0.05, 0.1) is 18.6 Å². The van der Waals surface area contributed by atoms with Gasteiger partial charge in [0.25, 0.3) is 0 Å². The molecule has 4 nitrogen and oxygen atoms in total. The summed E-state index contributed by atoms with van der Waals surface area (Å²) in [5, 5.41) is 7.22. The summed E-state index contributed by atoms with van der Waals surface area (Å²) >= 11 is 1.75. The van der Waals surface area contributed by atoms with Crippen molar-refractivity contribution in [2.45, 2.75) is 31.4 Å². The number of hydrogen-bond donors (Lipinski definition) is 1. The van der Waals surface area contributed by atoms with Crippen LogP contribution in [0.3, 0.4) is 0 Å². The average Bonchev–Trinajstić information content (AvgIpc) is 2.84. The standard InChI is InChI=1S/C14H20N2O2S/c17-13-9-14(18-7-4-15-13)2-5-16(6-3-14)10-12-1-8-19-11-12/h1,8,11H,2-7,9-10H2,(H,15,17). The fourth-order valence-electron chi connectivity index (χ4n) is 2.94. The molecule has 1 amide bonds. The van der Waals surface area contributed by atoms with Crippen LogP contribution < -0.4 is 5.32 Å². The van der Waals surface area contributed by atoms with Gasteiger partial charge in [-0.25, -0.2) is 0 Å². The lowest BCUT2D eigenvalue weighted by Crippen LogP contribution is -2.46. The van der Waals surface area contributed by atoms with Gasteiger partial charge in [0.15, 0.2) is 0 Å². The molecular weight excluding hydrogens is 260 g/mol. The van der Waals surface area contributed by atoms with E-state index in [2.05, 4.69) is 27.0 Å². The lowest BCUT2D eigenvalue weighted by Gasteiger charge is -2.40. The van der Waals surface area contributed by atoms with Crippen LogP contribution in [0, 0.1) is 0 Å². The summed E-state index contributed by atoms with van der Waals surface area (Å²) in [5.74, 6) is 0.142. The van der Waals surface area contributed by atoms with E-state index in [0.29, 0.717) is 19.6 Å². The van der Waals surface area contributed by atoms with Crippen LogP contribution in [-0.4, -0.2) is 42.6 Å². The Labute approximate surface area is 117 Å². The molecule has 19 heavy (non-hydrogen) atoms. The van der Waals surface area contributed by atoms with E-state index in [-0.39, 0.29) is 11.5 Å². The normalized spacial score (nSPS) is 24.1.